The molecule has 0 radical (unpaired) electrons. The molecule has 5 heteroatoms. The zero-order valence-corrected chi connectivity index (χ0v) is 14.6. The number of hydrogen-bond acceptors (Lipinski definition) is 3. The van der Waals surface area contributed by atoms with Gasteiger partial charge < -0.3 is 15.6 Å². The Kier molecular flexibility index (Phi) is 5.93. The third-order valence-corrected chi connectivity index (χ3v) is 4.14. The normalized spacial score (nSPS) is 10.7. The van der Waals surface area contributed by atoms with Crippen molar-refractivity contribution in [2.24, 2.45) is 5.73 Å². The Labute approximate surface area is 142 Å². The van der Waals surface area contributed by atoms with Crippen LogP contribution in [-0.4, -0.2) is 34.7 Å². The first-order valence-corrected chi connectivity index (χ1v) is 8.19. The number of H-pyrrole nitrogens is 1. The van der Waals surface area contributed by atoms with E-state index in [2.05, 4.69) is 4.98 Å². The molecule has 1 heterocycles. The second-order valence-corrected chi connectivity index (χ2v) is 6.04. The van der Waals surface area contributed by atoms with Crippen LogP contribution in [0, 0.1) is 13.8 Å². The number of rotatable bonds is 7. The maximum Gasteiger partial charge on any atom is 0.270 e. The third kappa shape index (κ3) is 3.92. The maximum atomic E-state index is 13.0. The Morgan fingerprint density at radius 2 is 1.83 bits per heavy atom. The fraction of sp³-hybridized carbons (Fsp3) is 0.368. The molecule has 1 aromatic carbocycles. The monoisotopic (exact) mass is 327 g/mol. The van der Waals surface area contributed by atoms with Crippen LogP contribution in [0.1, 0.15) is 51.0 Å². The molecule has 0 saturated carbocycles. The number of hydrogen-bond donors (Lipinski definition) is 2. The molecule has 1 aromatic heterocycles. The third-order valence-electron chi connectivity index (χ3n) is 4.14. The van der Waals surface area contributed by atoms with Gasteiger partial charge in [0.2, 0.25) is 0 Å². The number of carbonyl (C=O) groups is 2. The minimum absolute atomic E-state index is 0.0307. The number of benzene rings is 1. The standard InChI is InChI=1S/C19H25N3O2/c1-13-17(15(3)23)14(2)21-18(13)19(24)22(11-7-10-20)12-16-8-5-4-6-9-16/h4-6,8-9,21H,7,10-12,20H2,1-3H3. The van der Waals surface area contributed by atoms with Gasteiger partial charge in [0.15, 0.2) is 5.78 Å². The molecule has 2 aromatic rings. The van der Waals surface area contributed by atoms with Gasteiger partial charge in [-0.3, -0.25) is 9.59 Å². The Bertz CT molecular complexity index is 720. The van der Waals surface area contributed by atoms with Crippen molar-refractivity contribution in [3.05, 3.63) is 58.4 Å². The lowest BCUT2D eigenvalue weighted by molar-refractivity contribution is 0.0736. The van der Waals surface area contributed by atoms with Crippen LogP contribution in [0.4, 0.5) is 0 Å². The van der Waals surface area contributed by atoms with E-state index in [1.807, 2.05) is 44.2 Å². The molecule has 1 amide bonds. The van der Waals surface area contributed by atoms with Gasteiger partial charge in [0.25, 0.3) is 5.91 Å². The van der Waals surface area contributed by atoms with Crippen LogP contribution in [0.3, 0.4) is 0 Å². The molecular formula is C19H25N3O2. The van der Waals surface area contributed by atoms with E-state index in [1.165, 1.54) is 6.92 Å². The van der Waals surface area contributed by atoms with Gasteiger partial charge in [0.05, 0.1) is 0 Å². The fourth-order valence-electron chi connectivity index (χ4n) is 2.99. The van der Waals surface area contributed by atoms with Crippen molar-refractivity contribution in [3.8, 4) is 0 Å². The van der Waals surface area contributed by atoms with Gasteiger partial charge in [-0.1, -0.05) is 30.3 Å². The summed E-state index contributed by atoms with van der Waals surface area (Å²) in [5.74, 6) is -0.128. The lowest BCUT2D eigenvalue weighted by Crippen LogP contribution is -2.33. The molecule has 2 rings (SSSR count). The number of nitrogens with one attached hydrogen (secondary N) is 1. The molecule has 3 N–H and O–H groups in total. The first kappa shape index (κ1) is 17.9. The molecule has 128 valence electrons. The number of ketones is 1. The largest absolute Gasteiger partial charge is 0.354 e. The van der Waals surface area contributed by atoms with Gasteiger partial charge in [0, 0.05) is 24.3 Å². The summed E-state index contributed by atoms with van der Waals surface area (Å²) in [7, 11) is 0. The van der Waals surface area contributed by atoms with Crippen molar-refractivity contribution in [3.63, 3.8) is 0 Å². The lowest BCUT2D eigenvalue weighted by Gasteiger charge is -2.22. The first-order chi connectivity index (χ1) is 11.5. The van der Waals surface area contributed by atoms with E-state index in [4.69, 9.17) is 5.73 Å². The Morgan fingerprint density at radius 3 is 2.38 bits per heavy atom. The number of carbonyl (C=O) groups excluding carboxylic acids is 2. The highest BCUT2D eigenvalue weighted by atomic mass is 16.2. The van der Waals surface area contributed by atoms with Crippen LogP contribution in [0.2, 0.25) is 0 Å². The van der Waals surface area contributed by atoms with Gasteiger partial charge in [-0.15, -0.1) is 0 Å². The molecule has 0 bridgehead atoms. The lowest BCUT2D eigenvalue weighted by atomic mass is 10.1. The molecule has 0 fully saturated rings. The van der Waals surface area contributed by atoms with Crippen molar-refractivity contribution >= 4 is 11.7 Å². The summed E-state index contributed by atoms with van der Waals surface area (Å²) in [4.78, 5) is 29.7. The van der Waals surface area contributed by atoms with Gasteiger partial charge in [0.1, 0.15) is 5.69 Å². The average molecular weight is 327 g/mol. The summed E-state index contributed by atoms with van der Waals surface area (Å²) in [6.45, 7) is 6.79. The molecule has 0 aliphatic rings. The highest BCUT2D eigenvalue weighted by Gasteiger charge is 2.23. The quantitative estimate of drug-likeness (QED) is 0.768. The number of aryl methyl sites for hydroxylation is 1. The highest BCUT2D eigenvalue weighted by Crippen LogP contribution is 2.21. The number of aromatic amines is 1. The summed E-state index contributed by atoms with van der Waals surface area (Å²) < 4.78 is 0. The zero-order chi connectivity index (χ0) is 17.7. The summed E-state index contributed by atoms with van der Waals surface area (Å²) in [5.41, 5.74) is 9.24. The van der Waals surface area contributed by atoms with E-state index in [-0.39, 0.29) is 11.7 Å². The van der Waals surface area contributed by atoms with Crippen molar-refractivity contribution in [1.82, 2.24) is 9.88 Å². The number of nitrogens with two attached hydrogens (primary N) is 1. The first-order valence-electron chi connectivity index (χ1n) is 8.19. The predicted octanol–water partition coefficient (Wildman–Crippen LogP) is 2.83. The smallest absolute Gasteiger partial charge is 0.270 e. The van der Waals surface area contributed by atoms with Crippen LogP contribution in [0.5, 0.6) is 0 Å². The van der Waals surface area contributed by atoms with Crippen molar-refractivity contribution in [2.75, 3.05) is 13.1 Å². The minimum Gasteiger partial charge on any atom is -0.354 e. The molecule has 0 aliphatic heterocycles. The molecule has 0 atom stereocenters. The second kappa shape index (κ2) is 7.93. The van der Waals surface area contributed by atoms with Crippen LogP contribution in [0.15, 0.2) is 30.3 Å². The van der Waals surface area contributed by atoms with Crippen molar-refractivity contribution in [1.29, 1.82) is 0 Å². The summed E-state index contributed by atoms with van der Waals surface area (Å²) >= 11 is 0. The van der Waals surface area contributed by atoms with E-state index in [0.29, 0.717) is 30.9 Å². The van der Waals surface area contributed by atoms with E-state index in [0.717, 1.165) is 23.2 Å². The second-order valence-electron chi connectivity index (χ2n) is 6.04. The molecule has 0 saturated heterocycles. The summed E-state index contributed by atoms with van der Waals surface area (Å²) in [6, 6.07) is 9.86. The molecule has 0 spiro atoms. The van der Waals surface area contributed by atoms with Crippen molar-refractivity contribution in [2.45, 2.75) is 33.7 Å². The Morgan fingerprint density at radius 1 is 1.17 bits per heavy atom. The molecule has 24 heavy (non-hydrogen) atoms. The summed E-state index contributed by atoms with van der Waals surface area (Å²) in [6.07, 6.45) is 0.733. The number of amides is 1. The van der Waals surface area contributed by atoms with E-state index >= 15 is 0 Å². The topological polar surface area (TPSA) is 79.2 Å². The number of aromatic nitrogens is 1. The van der Waals surface area contributed by atoms with E-state index in [9.17, 15) is 9.59 Å². The fourth-order valence-corrected chi connectivity index (χ4v) is 2.99. The van der Waals surface area contributed by atoms with Gasteiger partial charge in [-0.05, 0) is 44.9 Å². The van der Waals surface area contributed by atoms with Crippen LogP contribution < -0.4 is 5.73 Å². The predicted molar refractivity (Wildman–Crippen MR) is 95.1 cm³/mol. The van der Waals surface area contributed by atoms with Gasteiger partial charge in [-0.2, -0.15) is 0 Å². The van der Waals surface area contributed by atoms with Gasteiger partial charge >= 0.3 is 0 Å². The minimum atomic E-state index is -0.0968. The van der Waals surface area contributed by atoms with Crippen LogP contribution in [-0.2, 0) is 6.54 Å². The van der Waals surface area contributed by atoms with Gasteiger partial charge in [-0.25, -0.2) is 0 Å². The molecule has 0 aliphatic carbocycles. The Balaban J connectivity index is 2.31. The van der Waals surface area contributed by atoms with E-state index < -0.39 is 0 Å². The number of nitrogens with zero attached hydrogens (tertiary/aromatic N) is 1. The SMILES string of the molecule is CC(=O)c1c(C)[nH]c(C(=O)N(CCCN)Cc2ccccc2)c1C. The molecule has 5 nitrogen and oxygen atoms in total. The number of Topliss-reactive ketones (excluding diaryl/α,β-unsaturated/α-hetero) is 1. The van der Waals surface area contributed by atoms with Crippen molar-refractivity contribution < 1.29 is 9.59 Å². The van der Waals surface area contributed by atoms with Crippen LogP contribution in [0.25, 0.3) is 0 Å². The molecule has 0 unspecified atom stereocenters. The molecular weight excluding hydrogens is 302 g/mol. The highest BCUT2D eigenvalue weighted by molar-refractivity contribution is 6.02. The maximum absolute atomic E-state index is 13.0. The average Bonchev–Trinajstić information content (AvgIpc) is 2.86. The summed E-state index contributed by atoms with van der Waals surface area (Å²) in [5, 5.41) is 0. The van der Waals surface area contributed by atoms with E-state index in [1.54, 1.807) is 4.90 Å². The Hall–Kier alpha value is -2.40. The van der Waals surface area contributed by atoms with Crippen LogP contribution >= 0.6 is 0 Å². The zero-order valence-electron chi connectivity index (χ0n) is 14.6.